The van der Waals surface area contributed by atoms with Gasteiger partial charge < -0.3 is 25.0 Å². The zero-order chi connectivity index (χ0) is 29.0. The van der Waals surface area contributed by atoms with Gasteiger partial charge in [0.25, 0.3) is 5.91 Å². The molecular formula is C31H26F3N3O4. The number of rotatable bonds is 7. The molecule has 1 atom stereocenters. The lowest BCUT2D eigenvalue weighted by Crippen LogP contribution is -2.39. The van der Waals surface area contributed by atoms with Crippen molar-refractivity contribution in [3.05, 3.63) is 95.2 Å². The van der Waals surface area contributed by atoms with Gasteiger partial charge in [-0.1, -0.05) is 30.0 Å². The first-order chi connectivity index (χ1) is 19.7. The van der Waals surface area contributed by atoms with Crippen molar-refractivity contribution in [2.45, 2.75) is 31.7 Å². The third-order valence-corrected chi connectivity index (χ3v) is 6.75. The standard InChI is InChI=1S/C31H26F3N3O4/c32-31(33,34)41-28-14-11-21(8-7-20-9-12-24(13-10-20)37-15-3-6-29(37)39)16-26(28)30(40)36-23(19-38)17-22-18-35-27-5-2-1-4-25(22)27/h1-2,4-5,9-14,16,18,23,35,38H,3,6,15,17,19H2,(H,36,40). The predicted octanol–water partition coefficient (Wildman–Crippen LogP) is 4.93. The summed E-state index contributed by atoms with van der Waals surface area (Å²) in [6, 6.07) is 17.4. The van der Waals surface area contributed by atoms with Crippen molar-refractivity contribution in [2.24, 2.45) is 0 Å². The van der Waals surface area contributed by atoms with Gasteiger partial charge in [-0.05, 0) is 66.9 Å². The van der Waals surface area contributed by atoms with Crippen LogP contribution >= 0.6 is 0 Å². The number of aliphatic hydroxyl groups excluding tert-OH is 1. The Balaban J connectivity index is 1.36. The normalized spacial score (nSPS) is 14.0. The number of aromatic amines is 1. The highest BCUT2D eigenvalue weighted by molar-refractivity contribution is 5.98. The van der Waals surface area contributed by atoms with E-state index < -0.39 is 30.7 Å². The van der Waals surface area contributed by atoms with Gasteiger partial charge in [0, 0.05) is 46.9 Å². The monoisotopic (exact) mass is 561 g/mol. The molecule has 2 amide bonds. The molecule has 10 heteroatoms. The number of carbonyl (C=O) groups excluding carboxylic acids is 2. The number of amides is 2. The van der Waals surface area contributed by atoms with Crippen LogP contribution in [0.2, 0.25) is 0 Å². The van der Waals surface area contributed by atoms with E-state index in [1.165, 1.54) is 12.1 Å². The number of nitrogens with zero attached hydrogens (tertiary/aromatic N) is 1. The number of benzene rings is 3. The number of ether oxygens (including phenoxy) is 1. The Hall–Kier alpha value is -4.75. The Morgan fingerprint density at radius 3 is 2.51 bits per heavy atom. The zero-order valence-electron chi connectivity index (χ0n) is 21.8. The van der Waals surface area contributed by atoms with E-state index in [2.05, 4.69) is 26.9 Å². The van der Waals surface area contributed by atoms with Gasteiger partial charge in [-0.3, -0.25) is 9.59 Å². The third kappa shape index (κ3) is 6.70. The lowest BCUT2D eigenvalue weighted by molar-refractivity contribution is -0.274. The largest absolute Gasteiger partial charge is 0.573 e. The summed E-state index contributed by atoms with van der Waals surface area (Å²) in [5.74, 6) is 4.35. The molecule has 0 radical (unpaired) electrons. The molecule has 0 aliphatic carbocycles. The summed E-state index contributed by atoms with van der Waals surface area (Å²) in [6.07, 6.45) is -1.66. The minimum absolute atomic E-state index is 0.0701. The van der Waals surface area contributed by atoms with Crippen molar-refractivity contribution in [3.63, 3.8) is 0 Å². The number of fused-ring (bicyclic) bond motifs is 1. The van der Waals surface area contributed by atoms with E-state index in [0.29, 0.717) is 24.1 Å². The smallest absolute Gasteiger partial charge is 0.405 e. The predicted molar refractivity (Wildman–Crippen MR) is 147 cm³/mol. The molecule has 1 aliphatic rings. The Kier molecular flexibility index (Phi) is 7.99. The average molecular weight is 562 g/mol. The van der Waals surface area contributed by atoms with E-state index in [9.17, 15) is 27.9 Å². The molecule has 5 rings (SSSR count). The quantitative estimate of drug-likeness (QED) is 0.279. The second-order valence-electron chi connectivity index (χ2n) is 9.62. The summed E-state index contributed by atoms with van der Waals surface area (Å²) in [5, 5.41) is 13.5. The molecular weight excluding hydrogens is 535 g/mol. The Morgan fingerprint density at radius 2 is 1.80 bits per heavy atom. The summed E-state index contributed by atoms with van der Waals surface area (Å²) < 4.78 is 43.4. The second kappa shape index (κ2) is 11.8. The molecule has 1 aromatic heterocycles. The van der Waals surface area contributed by atoms with Gasteiger partial charge in [-0.2, -0.15) is 0 Å². The first kappa shape index (κ1) is 27.8. The minimum Gasteiger partial charge on any atom is -0.405 e. The van der Waals surface area contributed by atoms with Gasteiger partial charge >= 0.3 is 6.36 Å². The van der Waals surface area contributed by atoms with Crippen LogP contribution in [0.1, 0.15) is 39.9 Å². The van der Waals surface area contributed by atoms with Gasteiger partial charge in [-0.25, -0.2) is 0 Å². The highest BCUT2D eigenvalue weighted by Gasteiger charge is 2.33. The molecule has 1 aliphatic heterocycles. The number of H-pyrrole nitrogens is 1. The van der Waals surface area contributed by atoms with Crippen molar-refractivity contribution >= 4 is 28.4 Å². The number of carbonyl (C=O) groups is 2. The maximum absolute atomic E-state index is 13.2. The van der Waals surface area contributed by atoms with Crippen LogP contribution in [0, 0.1) is 11.8 Å². The van der Waals surface area contributed by atoms with E-state index >= 15 is 0 Å². The fourth-order valence-corrected chi connectivity index (χ4v) is 4.78. The molecule has 1 unspecified atom stereocenters. The number of aromatic nitrogens is 1. The molecule has 1 fully saturated rings. The number of nitrogens with one attached hydrogen (secondary N) is 2. The molecule has 7 nitrogen and oxygen atoms in total. The number of hydrogen-bond donors (Lipinski definition) is 3. The molecule has 0 saturated carbocycles. The summed E-state index contributed by atoms with van der Waals surface area (Å²) in [6.45, 7) is 0.235. The topological polar surface area (TPSA) is 94.7 Å². The number of aliphatic hydroxyl groups is 1. The van der Waals surface area contributed by atoms with Crippen LogP contribution in [0.25, 0.3) is 10.9 Å². The van der Waals surface area contributed by atoms with Gasteiger partial charge in [0.05, 0.1) is 18.2 Å². The summed E-state index contributed by atoms with van der Waals surface area (Å²) in [5.41, 5.74) is 3.05. The number of halogens is 3. The number of anilines is 1. The first-order valence-corrected chi connectivity index (χ1v) is 13.0. The molecule has 1 saturated heterocycles. The second-order valence-corrected chi connectivity index (χ2v) is 9.62. The van der Waals surface area contributed by atoms with Gasteiger partial charge in [0.15, 0.2) is 0 Å². The van der Waals surface area contributed by atoms with Crippen LogP contribution in [0.3, 0.4) is 0 Å². The molecule has 0 bridgehead atoms. The maximum Gasteiger partial charge on any atom is 0.573 e. The summed E-state index contributed by atoms with van der Waals surface area (Å²) in [4.78, 5) is 30.0. The minimum atomic E-state index is -5.01. The summed E-state index contributed by atoms with van der Waals surface area (Å²) >= 11 is 0. The first-order valence-electron chi connectivity index (χ1n) is 13.0. The lowest BCUT2D eigenvalue weighted by atomic mass is 10.0. The molecule has 210 valence electrons. The molecule has 41 heavy (non-hydrogen) atoms. The van der Waals surface area contributed by atoms with E-state index in [-0.39, 0.29) is 17.9 Å². The highest BCUT2D eigenvalue weighted by atomic mass is 19.4. The van der Waals surface area contributed by atoms with Gasteiger partial charge in [0.2, 0.25) is 5.91 Å². The van der Waals surface area contributed by atoms with Crippen molar-refractivity contribution in [1.29, 1.82) is 0 Å². The van der Waals surface area contributed by atoms with Crippen LogP contribution < -0.4 is 15.0 Å². The number of alkyl halides is 3. The highest BCUT2D eigenvalue weighted by Crippen LogP contribution is 2.28. The van der Waals surface area contributed by atoms with E-state index in [1.807, 2.05) is 24.3 Å². The fourth-order valence-electron chi connectivity index (χ4n) is 4.78. The fraction of sp³-hybridized carbons (Fsp3) is 0.226. The molecule has 4 aromatic rings. The molecule has 2 heterocycles. The third-order valence-electron chi connectivity index (χ3n) is 6.75. The molecule has 0 spiro atoms. The van der Waals surface area contributed by atoms with Crippen molar-refractivity contribution in [1.82, 2.24) is 10.3 Å². The van der Waals surface area contributed by atoms with Crippen molar-refractivity contribution in [3.8, 4) is 17.6 Å². The van der Waals surface area contributed by atoms with Crippen LogP contribution in [0.5, 0.6) is 5.75 Å². The van der Waals surface area contributed by atoms with E-state index in [1.54, 1.807) is 35.4 Å². The van der Waals surface area contributed by atoms with Crippen LogP contribution in [0.4, 0.5) is 18.9 Å². The van der Waals surface area contributed by atoms with E-state index in [4.69, 9.17) is 0 Å². The SMILES string of the molecule is O=C(NC(CO)Cc1c[nH]c2ccccc12)c1cc(C#Cc2ccc(N3CCCC3=O)cc2)ccc1OC(F)(F)F. The van der Waals surface area contributed by atoms with E-state index in [0.717, 1.165) is 34.6 Å². The average Bonchev–Trinajstić information content (AvgIpc) is 3.57. The van der Waals surface area contributed by atoms with Gasteiger partial charge in [-0.15, -0.1) is 13.2 Å². The maximum atomic E-state index is 13.2. The Labute approximate surface area is 233 Å². The van der Waals surface area contributed by atoms with Crippen LogP contribution in [-0.2, 0) is 11.2 Å². The van der Waals surface area contributed by atoms with Crippen molar-refractivity contribution < 1.29 is 32.6 Å². The molecule has 3 N–H and O–H groups in total. The van der Waals surface area contributed by atoms with Crippen LogP contribution in [-0.4, -0.2) is 47.5 Å². The lowest BCUT2D eigenvalue weighted by Gasteiger charge is -2.18. The van der Waals surface area contributed by atoms with Crippen molar-refractivity contribution in [2.75, 3.05) is 18.1 Å². The Morgan fingerprint density at radius 1 is 1.07 bits per heavy atom. The Bertz CT molecular complexity index is 1630. The number of hydrogen-bond acceptors (Lipinski definition) is 4. The zero-order valence-corrected chi connectivity index (χ0v) is 21.8. The van der Waals surface area contributed by atoms with Gasteiger partial charge in [0.1, 0.15) is 5.75 Å². The molecule has 3 aromatic carbocycles. The number of para-hydroxylation sites is 1. The van der Waals surface area contributed by atoms with Crippen LogP contribution in [0.15, 0.2) is 72.9 Å². The summed E-state index contributed by atoms with van der Waals surface area (Å²) in [7, 11) is 0.